The van der Waals surface area contributed by atoms with E-state index in [1.807, 2.05) is 0 Å². The Morgan fingerprint density at radius 2 is 1.95 bits per heavy atom. The fourth-order valence-corrected chi connectivity index (χ4v) is 3.25. The van der Waals surface area contributed by atoms with Gasteiger partial charge in [-0.1, -0.05) is 6.42 Å². The predicted molar refractivity (Wildman–Crippen MR) is 82.9 cm³/mol. The third-order valence-corrected chi connectivity index (χ3v) is 4.70. The highest BCUT2D eigenvalue weighted by molar-refractivity contribution is 9.10. The summed E-state index contributed by atoms with van der Waals surface area (Å²) in [6, 6.07) is 3.37. The molecule has 6 heteroatoms. The van der Waals surface area contributed by atoms with Gasteiger partial charge < -0.3 is 19.9 Å². The SMILES string of the molecule is COc1cc(C(=O)NC2CCCC2CO)cc(OC)c1Br. The van der Waals surface area contributed by atoms with Crippen molar-refractivity contribution in [1.29, 1.82) is 0 Å². The Labute approximate surface area is 132 Å². The summed E-state index contributed by atoms with van der Waals surface area (Å²) in [6.45, 7) is 0.109. The van der Waals surface area contributed by atoms with Crippen LogP contribution in [0.2, 0.25) is 0 Å². The van der Waals surface area contributed by atoms with Crippen molar-refractivity contribution in [2.75, 3.05) is 20.8 Å². The van der Waals surface area contributed by atoms with E-state index in [9.17, 15) is 9.90 Å². The van der Waals surface area contributed by atoms with E-state index in [1.54, 1.807) is 26.4 Å². The first kappa shape index (κ1) is 16.1. The molecular weight excluding hydrogens is 338 g/mol. The second kappa shape index (κ2) is 7.13. The number of hydrogen-bond donors (Lipinski definition) is 2. The highest BCUT2D eigenvalue weighted by Crippen LogP contribution is 2.35. The molecule has 0 aromatic heterocycles. The summed E-state index contributed by atoms with van der Waals surface area (Å²) in [6.07, 6.45) is 2.89. The minimum atomic E-state index is -0.176. The molecule has 2 rings (SSSR count). The quantitative estimate of drug-likeness (QED) is 0.848. The van der Waals surface area contributed by atoms with E-state index in [0.29, 0.717) is 21.5 Å². The maximum atomic E-state index is 12.4. The van der Waals surface area contributed by atoms with Gasteiger partial charge in [-0.3, -0.25) is 4.79 Å². The van der Waals surface area contributed by atoms with E-state index in [1.165, 1.54) is 0 Å². The van der Waals surface area contributed by atoms with E-state index in [4.69, 9.17) is 9.47 Å². The molecule has 1 aromatic rings. The van der Waals surface area contributed by atoms with Crippen molar-refractivity contribution in [2.24, 2.45) is 5.92 Å². The van der Waals surface area contributed by atoms with Crippen molar-refractivity contribution in [3.05, 3.63) is 22.2 Å². The van der Waals surface area contributed by atoms with Crippen LogP contribution in [0.4, 0.5) is 0 Å². The average Bonchev–Trinajstić information content (AvgIpc) is 2.94. The van der Waals surface area contributed by atoms with E-state index in [0.717, 1.165) is 19.3 Å². The van der Waals surface area contributed by atoms with E-state index < -0.39 is 0 Å². The fraction of sp³-hybridized carbons (Fsp3) is 0.533. The summed E-state index contributed by atoms with van der Waals surface area (Å²) in [7, 11) is 3.08. The second-order valence-electron chi connectivity index (χ2n) is 5.15. The molecule has 0 aliphatic heterocycles. The Morgan fingerprint density at radius 1 is 1.33 bits per heavy atom. The Bertz CT molecular complexity index is 495. The fourth-order valence-electron chi connectivity index (χ4n) is 2.70. The maximum absolute atomic E-state index is 12.4. The van der Waals surface area contributed by atoms with Crippen LogP contribution in [-0.2, 0) is 0 Å². The molecule has 1 aliphatic carbocycles. The van der Waals surface area contributed by atoms with Crippen molar-refractivity contribution < 1.29 is 19.4 Å². The minimum Gasteiger partial charge on any atom is -0.495 e. The maximum Gasteiger partial charge on any atom is 0.251 e. The molecular formula is C15H20BrNO4. The molecule has 116 valence electrons. The molecule has 1 fully saturated rings. The molecule has 5 nitrogen and oxygen atoms in total. The highest BCUT2D eigenvalue weighted by Gasteiger charge is 2.28. The van der Waals surface area contributed by atoms with Crippen LogP contribution in [-0.4, -0.2) is 37.9 Å². The topological polar surface area (TPSA) is 67.8 Å². The lowest BCUT2D eigenvalue weighted by Gasteiger charge is -2.19. The Morgan fingerprint density at radius 3 is 2.48 bits per heavy atom. The van der Waals surface area contributed by atoms with Gasteiger partial charge in [-0.15, -0.1) is 0 Å². The van der Waals surface area contributed by atoms with Gasteiger partial charge in [-0.05, 0) is 40.9 Å². The average molecular weight is 358 g/mol. The molecule has 1 amide bonds. The normalized spacial score (nSPS) is 21.1. The van der Waals surface area contributed by atoms with Crippen LogP contribution in [0.5, 0.6) is 11.5 Å². The van der Waals surface area contributed by atoms with E-state index in [-0.39, 0.29) is 24.5 Å². The van der Waals surface area contributed by atoms with Crippen LogP contribution >= 0.6 is 15.9 Å². The molecule has 1 saturated carbocycles. The third kappa shape index (κ3) is 3.49. The molecule has 0 heterocycles. The zero-order valence-corrected chi connectivity index (χ0v) is 13.8. The number of ether oxygens (including phenoxy) is 2. The van der Waals surface area contributed by atoms with Gasteiger partial charge in [0, 0.05) is 24.1 Å². The molecule has 1 aliphatic rings. The molecule has 0 saturated heterocycles. The summed E-state index contributed by atoms with van der Waals surface area (Å²) in [5, 5.41) is 12.3. The summed E-state index contributed by atoms with van der Waals surface area (Å²) in [5.41, 5.74) is 0.482. The van der Waals surface area contributed by atoms with Gasteiger partial charge in [0.2, 0.25) is 0 Å². The van der Waals surface area contributed by atoms with Crippen LogP contribution in [0, 0.1) is 5.92 Å². The first-order valence-electron chi connectivity index (χ1n) is 6.94. The van der Waals surface area contributed by atoms with Crippen LogP contribution in [0.15, 0.2) is 16.6 Å². The lowest BCUT2D eigenvalue weighted by atomic mass is 10.0. The van der Waals surface area contributed by atoms with Crippen molar-refractivity contribution in [3.8, 4) is 11.5 Å². The summed E-state index contributed by atoms with van der Waals surface area (Å²) < 4.78 is 11.2. The predicted octanol–water partition coefficient (Wildman–Crippen LogP) is 2.36. The lowest BCUT2D eigenvalue weighted by Crippen LogP contribution is -2.38. The molecule has 2 unspecified atom stereocenters. The third-order valence-electron chi connectivity index (χ3n) is 3.92. The monoisotopic (exact) mass is 357 g/mol. The second-order valence-corrected chi connectivity index (χ2v) is 5.94. The molecule has 0 bridgehead atoms. The number of halogens is 1. The number of hydrogen-bond acceptors (Lipinski definition) is 4. The van der Waals surface area contributed by atoms with Gasteiger partial charge in [0.15, 0.2) is 0 Å². The van der Waals surface area contributed by atoms with Gasteiger partial charge in [0.05, 0.1) is 14.2 Å². The molecule has 0 radical (unpaired) electrons. The number of methoxy groups -OCH3 is 2. The Hall–Kier alpha value is -1.27. The molecule has 0 spiro atoms. The number of aliphatic hydroxyl groups excluding tert-OH is 1. The molecule has 21 heavy (non-hydrogen) atoms. The van der Waals surface area contributed by atoms with Crippen molar-refractivity contribution in [3.63, 3.8) is 0 Å². The summed E-state index contributed by atoms with van der Waals surface area (Å²) >= 11 is 3.38. The van der Waals surface area contributed by atoms with Crippen LogP contribution < -0.4 is 14.8 Å². The smallest absolute Gasteiger partial charge is 0.251 e. The number of benzene rings is 1. The van der Waals surface area contributed by atoms with Crippen molar-refractivity contribution in [2.45, 2.75) is 25.3 Å². The zero-order valence-electron chi connectivity index (χ0n) is 12.2. The highest BCUT2D eigenvalue weighted by atomic mass is 79.9. The van der Waals surface area contributed by atoms with Gasteiger partial charge in [-0.25, -0.2) is 0 Å². The largest absolute Gasteiger partial charge is 0.495 e. The van der Waals surface area contributed by atoms with Gasteiger partial charge in [0.1, 0.15) is 16.0 Å². The number of rotatable bonds is 5. The number of aliphatic hydroxyl groups is 1. The summed E-state index contributed by atoms with van der Waals surface area (Å²) in [5.74, 6) is 1.06. The van der Waals surface area contributed by atoms with Crippen molar-refractivity contribution in [1.82, 2.24) is 5.32 Å². The number of nitrogens with one attached hydrogen (secondary N) is 1. The van der Waals surface area contributed by atoms with Gasteiger partial charge >= 0.3 is 0 Å². The first-order chi connectivity index (χ1) is 10.1. The number of carbonyl (C=O) groups is 1. The first-order valence-corrected chi connectivity index (χ1v) is 7.73. The van der Waals surface area contributed by atoms with Gasteiger partial charge in [0.25, 0.3) is 5.91 Å². The minimum absolute atomic E-state index is 0.0307. The lowest BCUT2D eigenvalue weighted by molar-refractivity contribution is 0.0915. The van der Waals surface area contributed by atoms with E-state index in [2.05, 4.69) is 21.2 Å². The standard InChI is InChI=1S/C15H20BrNO4/c1-20-12-6-10(7-13(21-2)14(12)16)15(19)17-11-5-3-4-9(11)8-18/h6-7,9,11,18H,3-5,8H2,1-2H3,(H,17,19). The van der Waals surface area contributed by atoms with Gasteiger partial charge in [-0.2, -0.15) is 0 Å². The zero-order chi connectivity index (χ0) is 15.4. The Balaban J connectivity index is 2.19. The van der Waals surface area contributed by atoms with Crippen molar-refractivity contribution >= 4 is 21.8 Å². The Kier molecular flexibility index (Phi) is 5.47. The molecule has 2 atom stereocenters. The van der Waals surface area contributed by atoms with Crippen LogP contribution in [0.1, 0.15) is 29.6 Å². The summed E-state index contributed by atoms with van der Waals surface area (Å²) in [4.78, 5) is 12.4. The number of amides is 1. The van der Waals surface area contributed by atoms with E-state index >= 15 is 0 Å². The number of carbonyl (C=O) groups excluding carboxylic acids is 1. The molecule has 2 N–H and O–H groups in total. The van der Waals surface area contributed by atoms with Crippen LogP contribution in [0.3, 0.4) is 0 Å². The van der Waals surface area contributed by atoms with Crippen LogP contribution in [0.25, 0.3) is 0 Å². The molecule has 1 aromatic carbocycles.